The number of nitriles is 1. The number of aromatic nitrogens is 2. The molecule has 10 heteroatoms. The molecule has 2 aromatic rings. The number of amides is 1. The van der Waals surface area contributed by atoms with Gasteiger partial charge in [0.25, 0.3) is 5.91 Å². The van der Waals surface area contributed by atoms with Crippen LogP contribution in [0.2, 0.25) is 0 Å². The van der Waals surface area contributed by atoms with Gasteiger partial charge < -0.3 is 15.4 Å². The van der Waals surface area contributed by atoms with E-state index in [2.05, 4.69) is 20.0 Å². The first-order valence-corrected chi connectivity index (χ1v) is 6.84. The van der Waals surface area contributed by atoms with Crippen molar-refractivity contribution < 1.29 is 9.53 Å². The normalized spacial score (nSPS) is 9.88. The Labute approximate surface area is 137 Å². The van der Waals surface area contributed by atoms with E-state index in [1.54, 1.807) is 11.9 Å². The van der Waals surface area contributed by atoms with E-state index in [0.717, 1.165) is 0 Å². The van der Waals surface area contributed by atoms with E-state index in [1.807, 2.05) is 6.07 Å². The molecule has 1 aromatic heterocycles. The van der Waals surface area contributed by atoms with Gasteiger partial charge >= 0.3 is 0 Å². The van der Waals surface area contributed by atoms with Gasteiger partial charge in [-0.15, -0.1) is 0 Å². The molecule has 122 valence electrons. The molecule has 0 saturated carbocycles. The zero-order valence-corrected chi connectivity index (χ0v) is 13.1. The van der Waals surface area contributed by atoms with E-state index in [0.29, 0.717) is 29.8 Å². The Balaban J connectivity index is 2.61. The lowest BCUT2D eigenvalue weighted by molar-refractivity contribution is 0.0997. The zero-order chi connectivity index (χ0) is 17.7. The Hall–Kier alpha value is -3.57. The summed E-state index contributed by atoms with van der Waals surface area (Å²) in [4.78, 5) is 24.6. The molecule has 0 saturated heterocycles. The number of rotatable bonds is 5. The van der Waals surface area contributed by atoms with Crippen LogP contribution in [0.4, 0.5) is 11.8 Å². The molecule has 0 radical (unpaired) electrons. The van der Waals surface area contributed by atoms with Crippen LogP contribution in [0.3, 0.4) is 0 Å². The summed E-state index contributed by atoms with van der Waals surface area (Å²) in [7, 11) is 3.11. The van der Waals surface area contributed by atoms with Crippen LogP contribution < -0.4 is 15.4 Å². The summed E-state index contributed by atoms with van der Waals surface area (Å²) in [6.07, 6.45) is 0.307. The fourth-order valence-electron chi connectivity index (χ4n) is 2.09. The van der Waals surface area contributed by atoms with E-state index >= 15 is 0 Å². The van der Waals surface area contributed by atoms with Crippen molar-refractivity contribution >= 4 is 28.6 Å². The van der Waals surface area contributed by atoms with E-state index in [-0.39, 0.29) is 17.1 Å². The lowest BCUT2D eigenvalue weighted by Crippen LogP contribution is -2.21. The molecule has 0 atom stereocenters. The predicted molar refractivity (Wildman–Crippen MR) is 87.5 cm³/mol. The highest BCUT2D eigenvalue weighted by molar-refractivity contribution is 6.03. The second-order valence-corrected chi connectivity index (χ2v) is 4.80. The third kappa shape index (κ3) is 3.26. The van der Waals surface area contributed by atoms with Gasteiger partial charge in [-0.25, -0.2) is 4.98 Å². The van der Waals surface area contributed by atoms with Crippen molar-refractivity contribution in [3.05, 3.63) is 28.1 Å². The SMILES string of the molecule is COc1cc2c(N)nc(N(C)CCC#N)nc2cc1C(=O)N=[N+]=[N-]. The minimum absolute atomic E-state index is 0.0755. The Morgan fingerprint density at radius 2 is 2.29 bits per heavy atom. The van der Waals surface area contributed by atoms with Crippen molar-refractivity contribution in [3.8, 4) is 11.8 Å². The maximum absolute atomic E-state index is 11.9. The molecule has 10 nitrogen and oxygen atoms in total. The summed E-state index contributed by atoms with van der Waals surface area (Å²) in [5.74, 6) is -0.0453. The molecule has 1 amide bonds. The molecule has 0 bridgehead atoms. The molecule has 2 N–H and O–H groups in total. The molecule has 0 aliphatic rings. The van der Waals surface area contributed by atoms with Crippen molar-refractivity contribution in [1.29, 1.82) is 5.26 Å². The first kappa shape index (κ1) is 16.8. The number of fused-ring (bicyclic) bond motifs is 1. The molecule has 0 unspecified atom stereocenters. The van der Waals surface area contributed by atoms with E-state index < -0.39 is 5.91 Å². The number of hydrogen-bond donors (Lipinski definition) is 1. The number of nitrogen functional groups attached to an aromatic ring is 1. The maximum atomic E-state index is 11.9. The smallest absolute Gasteiger partial charge is 0.252 e. The van der Waals surface area contributed by atoms with Gasteiger partial charge in [0.05, 0.1) is 30.7 Å². The van der Waals surface area contributed by atoms with Gasteiger partial charge in [0.1, 0.15) is 11.6 Å². The Morgan fingerprint density at radius 1 is 1.54 bits per heavy atom. The summed E-state index contributed by atoms with van der Waals surface area (Å²) >= 11 is 0. The number of carbonyl (C=O) groups is 1. The monoisotopic (exact) mass is 326 g/mol. The van der Waals surface area contributed by atoms with Crippen molar-refractivity contribution in [2.75, 3.05) is 31.3 Å². The molecule has 2 rings (SSSR count). The van der Waals surface area contributed by atoms with E-state index in [9.17, 15) is 4.79 Å². The van der Waals surface area contributed by atoms with Gasteiger partial charge in [0.15, 0.2) is 0 Å². The minimum atomic E-state index is -0.784. The number of azide groups is 1. The average molecular weight is 326 g/mol. The lowest BCUT2D eigenvalue weighted by Gasteiger charge is -2.17. The molecule has 24 heavy (non-hydrogen) atoms. The molecular weight excluding hydrogens is 312 g/mol. The van der Waals surface area contributed by atoms with Gasteiger partial charge in [-0.05, 0) is 22.8 Å². The average Bonchev–Trinajstić information content (AvgIpc) is 2.58. The van der Waals surface area contributed by atoms with Gasteiger partial charge in [-0.1, -0.05) is 0 Å². The summed E-state index contributed by atoms with van der Waals surface area (Å²) in [6, 6.07) is 4.99. The molecule has 1 heterocycles. The maximum Gasteiger partial charge on any atom is 0.252 e. The number of nitrogens with two attached hydrogens (primary N) is 1. The van der Waals surface area contributed by atoms with Crippen molar-refractivity contribution in [2.45, 2.75) is 6.42 Å². The summed E-state index contributed by atoms with van der Waals surface area (Å²) in [5.41, 5.74) is 14.9. The summed E-state index contributed by atoms with van der Waals surface area (Å²) < 4.78 is 5.15. The van der Waals surface area contributed by atoms with Crippen LogP contribution >= 0.6 is 0 Å². The van der Waals surface area contributed by atoms with Gasteiger partial charge in [0.2, 0.25) is 5.95 Å². The summed E-state index contributed by atoms with van der Waals surface area (Å²) in [5, 5.41) is 12.2. The third-order valence-electron chi connectivity index (χ3n) is 3.30. The van der Waals surface area contributed by atoms with Gasteiger partial charge in [-0.3, -0.25) is 4.79 Å². The van der Waals surface area contributed by atoms with Crippen LogP contribution in [0.1, 0.15) is 16.8 Å². The molecule has 0 aliphatic carbocycles. The van der Waals surface area contributed by atoms with E-state index in [4.69, 9.17) is 21.3 Å². The van der Waals surface area contributed by atoms with Crippen molar-refractivity contribution in [1.82, 2.24) is 9.97 Å². The molecule has 0 spiro atoms. The number of nitrogens with zero attached hydrogens (tertiary/aromatic N) is 7. The molecular formula is C14H14N8O2. The van der Waals surface area contributed by atoms with Crippen molar-refractivity contribution in [2.24, 2.45) is 5.11 Å². The van der Waals surface area contributed by atoms with Gasteiger partial charge in [0, 0.05) is 23.9 Å². The molecule has 1 aromatic carbocycles. The number of hydrogen-bond acceptors (Lipinski definition) is 7. The number of benzene rings is 1. The first-order valence-electron chi connectivity index (χ1n) is 6.84. The lowest BCUT2D eigenvalue weighted by atomic mass is 10.1. The second-order valence-electron chi connectivity index (χ2n) is 4.80. The Bertz CT molecular complexity index is 882. The highest BCUT2D eigenvalue weighted by Crippen LogP contribution is 2.29. The number of ether oxygens (including phenoxy) is 1. The number of methoxy groups -OCH3 is 1. The minimum Gasteiger partial charge on any atom is -0.496 e. The quantitative estimate of drug-likeness (QED) is 0.500. The largest absolute Gasteiger partial charge is 0.496 e. The molecule has 0 aliphatic heterocycles. The highest BCUT2D eigenvalue weighted by atomic mass is 16.5. The van der Waals surface area contributed by atoms with Gasteiger partial charge in [-0.2, -0.15) is 10.2 Å². The second kappa shape index (κ2) is 7.13. The topological polar surface area (TPSA) is 154 Å². The van der Waals surface area contributed by atoms with Crippen LogP contribution in [0.25, 0.3) is 21.3 Å². The fourth-order valence-corrected chi connectivity index (χ4v) is 2.09. The number of carbonyl (C=O) groups excluding carboxylic acids is 1. The standard InChI is InChI=1S/C14H14N8O2/c1-22(5-3-4-15)14-18-10-6-9(13(23)20-21-17)11(24-2)7-8(10)12(16)19-14/h6-7H,3,5H2,1-2H3,(H2,16,18,19). The first-order chi connectivity index (χ1) is 11.5. The number of anilines is 2. The Morgan fingerprint density at radius 3 is 2.92 bits per heavy atom. The van der Waals surface area contributed by atoms with Crippen LogP contribution in [0, 0.1) is 11.3 Å². The third-order valence-corrected chi connectivity index (χ3v) is 3.30. The van der Waals surface area contributed by atoms with Crippen molar-refractivity contribution in [3.63, 3.8) is 0 Å². The predicted octanol–water partition coefficient (Wildman–Crippen LogP) is 2.02. The van der Waals surface area contributed by atoms with Crippen LogP contribution in [-0.2, 0) is 0 Å². The fraction of sp³-hybridized carbons (Fsp3) is 0.286. The summed E-state index contributed by atoms with van der Waals surface area (Å²) in [6.45, 7) is 0.433. The van der Waals surface area contributed by atoms with E-state index in [1.165, 1.54) is 19.2 Å². The Kier molecular flexibility index (Phi) is 4.99. The zero-order valence-electron chi connectivity index (χ0n) is 13.1. The van der Waals surface area contributed by atoms with Crippen LogP contribution in [0.15, 0.2) is 17.2 Å². The highest BCUT2D eigenvalue weighted by Gasteiger charge is 2.16. The van der Waals surface area contributed by atoms with Crippen LogP contribution in [-0.4, -0.2) is 36.6 Å². The molecule has 0 fully saturated rings. The van der Waals surface area contributed by atoms with Crippen LogP contribution in [0.5, 0.6) is 5.75 Å².